The van der Waals surface area contributed by atoms with E-state index in [0.29, 0.717) is 6.42 Å². The Morgan fingerprint density at radius 2 is 1.75 bits per heavy atom. The van der Waals surface area contributed by atoms with Gasteiger partial charge in [0.05, 0.1) is 11.7 Å². The van der Waals surface area contributed by atoms with Gasteiger partial charge in [-0.1, -0.05) is 13.8 Å². The van der Waals surface area contributed by atoms with Crippen molar-refractivity contribution in [3.05, 3.63) is 0 Å². The molecule has 0 aliphatic carbocycles. The second-order valence-corrected chi connectivity index (χ2v) is 7.76. The van der Waals surface area contributed by atoms with Crippen molar-refractivity contribution in [1.29, 1.82) is 0 Å². The van der Waals surface area contributed by atoms with Crippen LogP contribution in [0.1, 0.15) is 34.1 Å². The molecule has 0 heterocycles. The summed E-state index contributed by atoms with van der Waals surface area (Å²) in [4.78, 5) is 22.9. The number of amides is 1. The molecule has 7 nitrogen and oxygen atoms in total. The summed E-state index contributed by atoms with van der Waals surface area (Å²) in [5.74, 6) is -1.43. The van der Waals surface area contributed by atoms with Crippen molar-refractivity contribution in [2.45, 2.75) is 40.2 Å². The maximum absolute atomic E-state index is 12.0. The molecular formula is C12H24N2O5S. The number of carboxylic acid groups (broad SMARTS) is 1. The molecule has 1 atom stereocenters. The number of hydrogen-bond acceptors (Lipinski definition) is 4. The third kappa shape index (κ3) is 7.44. The van der Waals surface area contributed by atoms with Crippen molar-refractivity contribution in [3.63, 3.8) is 0 Å². The Hall–Kier alpha value is -1.15. The van der Waals surface area contributed by atoms with E-state index in [2.05, 4.69) is 10.0 Å². The molecule has 1 unspecified atom stereocenters. The molecule has 0 aromatic rings. The van der Waals surface area contributed by atoms with Gasteiger partial charge < -0.3 is 10.4 Å². The van der Waals surface area contributed by atoms with Crippen LogP contribution in [-0.2, 0) is 19.6 Å². The minimum absolute atomic E-state index is 0.0683. The summed E-state index contributed by atoms with van der Waals surface area (Å²) < 4.78 is 24.8. The molecule has 0 aromatic heterocycles. The van der Waals surface area contributed by atoms with Gasteiger partial charge in [0.15, 0.2) is 0 Å². The maximum Gasteiger partial charge on any atom is 0.310 e. The predicted molar refractivity (Wildman–Crippen MR) is 75.6 cm³/mol. The highest BCUT2D eigenvalue weighted by Gasteiger charge is 2.30. The molecule has 0 saturated heterocycles. The molecule has 0 radical (unpaired) electrons. The van der Waals surface area contributed by atoms with Gasteiger partial charge >= 0.3 is 5.97 Å². The Bertz CT molecular complexity index is 456. The average molecular weight is 308 g/mol. The fourth-order valence-electron chi connectivity index (χ4n) is 1.45. The highest BCUT2D eigenvalue weighted by molar-refractivity contribution is 7.88. The Morgan fingerprint density at radius 1 is 1.25 bits per heavy atom. The Kier molecular flexibility index (Phi) is 6.63. The van der Waals surface area contributed by atoms with Crippen LogP contribution in [0.4, 0.5) is 0 Å². The molecule has 3 N–H and O–H groups in total. The standard InChI is InChI=1S/C12H24N2O5S/c1-8(2)6-9(14-20(5,18)19)10(15)13-7-12(3,4)11(16)17/h8-9,14H,6-7H2,1-5H3,(H,13,15)(H,16,17). The lowest BCUT2D eigenvalue weighted by Crippen LogP contribution is -2.49. The smallest absolute Gasteiger partial charge is 0.310 e. The van der Waals surface area contributed by atoms with Crippen LogP contribution in [0, 0.1) is 11.3 Å². The lowest BCUT2D eigenvalue weighted by Gasteiger charge is -2.23. The largest absolute Gasteiger partial charge is 0.481 e. The van der Waals surface area contributed by atoms with Crippen molar-refractivity contribution in [3.8, 4) is 0 Å². The lowest BCUT2D eigenvalue weighted by molar-refractivity contribution is -0.146. The van der Waals surface area contributed by atoms with Crippen LogP contribution < -0.4 is 10.0 Å². The first-order chi connectivity index (χ1) is 8.85. The Morgan fingerprint density at radius 3 is 2.10 bits per heavy atom. The van der Waals surface area contributed by atoms with Crippen molar-refractivity contribution in [2.75, 3.05) is 12.8 Å². The Balaban J connectivity index is 4.76. The number of nitrogens with one attached hydrogen (secondary N) is 2. The lowest BCUT2D eigenvalue weighted by atomic mass is 9.93. The molecule has 0 aliphatic heterocycles. The van der Waals surface area contributed by atoms with E-state index in [1.807, 2.05) is 13.8 Å². The third-order valence-electron chi connectivity index (χ3n) is 2.66. The summed E-state index contributed by atoms with van der Waals surface area (Å²) in [6.07, 6.45) is 1.32. The summed E-state index contributed by atoms with van der Waals surface area (Å²) >= 11 is 0. The summed E-state index contributed by atoms with van der Waals surface area (Å²) in [5, 5.41) is 11.4. The number of rotatable bonds is 8. The van der Waals surface area contributed by atoms with E-state index in [0.717, 1.165) is 6.26 Å². The van der Waals surface area contributed by atoms with Gasteiger partial charge in [0, 0.05) is 6.54 Å². The number of carbonyl (C=O) groups excluding carboxylic acids is 1. The van der Waals surface area contributed by atoms with Crippen molar-refractivity contribution < 1.29 is 23.1 Å². The molecule has 0 spiro atoms. The highest BCUT2D eigenvalue weighted by Crippen LogP contribution is 2.13. The van der Waals surface area contributed by atoms with Gasteiger partial charge in [0.1, 0.15) is 6.04 Å². The van der Waals surface area contributed by atoms with Crippen molar-refractivity contribution in [2.24, 2.45) is 11.3 Å². The average Bonchev–Trinajstić information content (AvgIpc) is 2.22. The van der Waals surface area contributed by atoms with E-state index < -0.39 is 33.4 Å². The van der Waals surface area contributed by atoms with Gasteiger partial charge in [-0.05, 0) is 26.2 Å². The minimum atomic E-state index is -3.51. The second kappa shape index (κ2) is 7.03. The number of sulfonamides is 1. The normalized spacial score (nSPS) is 14.1. The van der Waals surface area contributed by atoms with Crippen LogP contribution in [0.5, 0.6) is 0 Å². The number of carboxylic acids is 1. The fourth-order valence-corrected chi connectivity index (χ4v) is 2.17. The van der Waals surface area contributed by atoms with Gasteiger partial charge in [-0.15, -0.1) is 0 Å². The topological polar surface area (TPSA) is 113 Å². The van der Waals surface area contributed by atoms with Crippen LogP contribution in [-0.4, -0.2) is 44.2 Å². The van der Waals surface area contributed by atoms with E-state index in [9.17, 15) is 18.0 Å². The van der Waals surface area contributed by atoms with Crippen LogP contribution in [0.25, 0.3) is 0 Å². The highest BCUT2D eigenvalue weighted by atomic mass is 32.2. The molecule has 118 valence electrons. The van der Waals surface area contributed by atoms with E-state index in [-0.39, 0.29) is 12.5 Å². The quantitative estimate of drug-likeness (QED) is 0.592. The summed E-state index contributed by atoms with van der Waals surface area (Å²) in [6.45, 7) is 6.63. The first kappa shape index (κ1) is 18.9. The van der Waals surface area contributed by atoms with Crippen molar-refractivity contribution in [1.82, 2.24) is 10.0 Å². The summed E-state index contributed by atoms with van der Waals surface area (Å²) in [7, 11) is -3.51. The molecule has 0 rings (SSSR count). The van der Waals surface area contributed by atoms with E-state index in [1.54, 1.807) is 0 Å². The van der Waals surface area contributed by atoms with E-state index in [1.165, 1.54) is 13.8 Å². The van der Waals surface area contributed by atoms with Gasteiger partial charge in [-0.2, -0.15) is 0 Å². The number of hydrogen-bond donors (Lipinski definition) is 3. The SMILES string of the molecule is CC(C)CC(NS(C)(=O)=O)C(=O)NCC(C)(C)C(=O)O. The van der Waals surface area contributed by atoms with E-state index >= 15 is 0 Å². The fraction of sp³-hybridized carbons (Fsp3) is 0.833. The van der Waals surface area contributed by atoms with Crippen LogP contribution in [0.3, 0.4) is 0 Å². The number of carbonyl (C=O) groups is 2. The second-order valence-electron chi connectivity index (χ2n) is 5.98. The van der Waals surface area contributed by atoms with Crippen LogP contribution in [0.2, 0.25) is 0 Å². The molecular weight excluding hydrogens is 284 g/mol. The first-order valence-electron chi connectivity index (χ1n) is 6.33. The maximum atomic E-state index is 12.0. The van der Waals surface area contributed by atoms with Gasteiger partial charge in [0.25, 0.3) is 0 Å². The summed E-state index contributed by atoms with van der Waals surface area (Å²) in [6, 6.07) is -0.894. The molecule has 0 saturated carbocycles. The zero-order chi connectivity index (χ0) is 16.1. The zero-order valence-corrected chi connectivity index (χ0v) is 13.4. The first-order valence-corrected chi connectivity index (χ1v) is 8.22. The number of aliphatic carboxylic acids is 1. The van der Waals surface area contributed by atoms with Gasteiger partial charge in [-0.3, -0.25) is 9.59 Å². The van der Waals surface area contributed by atoms with Gasteiger partial charge in [-0.25, -0.2) is 13.1 Å². The summed E-state index contributed by atoms with van der Waals surface area (Å²) in [5.41, 5.74) is -1.11. The third-order valence-corrected chi connectivity index (χ3v) is 3.38. The van der Waals surface area contributed by atoms with Gasteiger partial charge in [0.2, 0.25) is 15.9 Å². The van der Waals surface area contributed by atoms with Crippen LogP contribution in [0.15, 0.2) is 0 Å². The van der Waals surface area contributed by atoms with E-state index in [4.69, 9.17) is 5.11 Å². The zero-order valence-electron chi connectivity index (χ0n) is 12.6. The monoisotopic (exact) mass is 308 g/mol. The van der Waals surface area contributed by atoms with Crippen LogP contribution >= 0.6 is 0 Å². The molecule has 0 bridgehead atoms. The molecule has 1 amide bonds. The molecule has 20 heavy (non-hydrogen) atoms. The minimum Gasteiger partial charge on any atom is -0.481 e. The molecule has 0 aliphatic rings. The Labute approximate surface area is 120 Å². The molecule has 8 heteroatoms. The molecule has 0 fully saturated rings. The van der Waals surface area contributed by atoms with Crippen molar-refractivity contribution >= 4 is 21.9 Å². The molecule has 0 aromatic carbocycles. The predicted octanol–water partition coefficient (Wildman–Crippen LogP) is 0.177.